The minimum atomic E-state index is -0.639. The van der Waals surface area contributed by atoms with E-state index in [1.807, 2.05) is 68.4 Å². The Kier molecular flexibility index (Phi) is 6.84. The van der Waals surface area contributed by atoms with Gasteiger partial charge < -0.3 is 15.1 Å². The van der Waals surface area contributed by atoms with Gasteiger partial charge in [0.15, 0.2) is 0 Å². The van der Waals surface area contributed by atoms with Crippen molar-refractivity contribution in [1.82, 2.24) is 25.1 Å². The Morgan fingerprint density at radius 3 is 2.43 bits per heavy atom. The van der Waals surface area contributed by atoms with Gasteiger partial charge in [0, 0.05) is 20.1 Å². The Balaban J connectivity index is 1.45. The van der Waals surface area contributed by atoms with Gasteiger partial charge in [0.1, 0.15) is 12.2 Å². The molecule has 0 bridgehead atoms. The maximum Gasteiger partial charge on any atom is 0.334 e. The van der Waals surface area contributed by atoms with Crippen LogP contribution in [0.2, 0.25) is 0 Å². The number of benzene rings is 3. The lowest BCUT2D eigenvalue weighted by Gasteiger charge is -2.55. The molecule has 2 aliphatic heterocycles. The summed E-state index contributed by atoms with van der Waals surface area (Å²) in [5.41, 5.74) is 2.03. The van der Waals surface area contributed by atoms with E-state index in [2.05, 4.69) is 23.5 Å². The number of hydrogen-bond acceptors (Lipinski definition) is 4. The van der Waals surface area contributed by atoms with E-state index >= 15 is 0 Å². The van der Waals surface area contributed by atoms with Crippen LogP contribution in [0, 0.1) is 5.92 Å². The van der Waals surface area contributed by atoms with Gasteiger partial charge >= 0.3 is 6.03 Å². The van der Waals surface area contributed by atoms with E-state index in [4.69, 9.17) is 0 Å². The summed E-state index contributed by atoms with van der Waals surface area (Å²) in [7, 11) is 1.74. The molecule has 0 aliphatic carbocycles. The first kappa shape index (κ1) is 24.8. The molecule has 2 unspecified atom stereocenters. The van der Waals surface area contributed by atoms with Crippen LogP contribution in [0.5, 0.6) is 0 Å². The van der Waals surface area contributed by atoms with Crippen LogP contribution in [-0.2, 0) is 22.7 Å². The average Bonchev–Trinajstić information content (AvgIpc) is 2.89. The summed E-state index contributed by atoms with van der Waals surface area (Å²) in [5.74, 6) is -0.329. The molecule has 192 valence electrons. The van der Waals surface area contributed by atoms with Crippen LogP contribution < -0.4 is 5.32 Å². The van der Waals surface area contributed by atoms with Crippen molar-refractivity contribution in [3.63, 3.8) is 0 Å². The van der Waals surface area contributed by atoms with Crippen molar-refractivity contribution in [2.75, 3.05) is 20.1 Å². The summed E-state index contributed by atoms with van der Waals surface area (Å²) in [6, 6.07) is 23.0. The Hall–Kier alpha value is -3.91. The van der Waals surface area contributed by atoms with Gasteiger partial charge in [0.2, 0.25) is 11.8 Å². The van der Waals surface area contributed by atoms with Crippen LogP contribution >= 0.6 is 0 Å². The molecular formula is C29H33N5O3. The Morgan fingerprint density at radius 1 is 0.973 bits per heavy atom. The molecule has 8 nitrogen and oxygen atoms in total. The number of piperazine rings is 1. The van der Waals surface area contributed by atoms with Crippen LogP contribution in [0.3, 0.4) is 0 Å². The zero-order valence-electron chi connectivity index (χ0n) is 21.5. The molecule has 5 rings (SSSR count). The van der Waals surface area contributed by atoms with Crippen molar-refractivity contribution >= 4 is 28.6 Å². The van der Waals surface area contributed by atoms with Crippen LogP contribution in [0.15, 0.2) is 72.8 Å². The number of carbonyl (C=O) groups is 3. The van der Waals surface area contributed by atoms with Crippen molar-refractivity contribution in [3.05, 3.63) is 83.9 Å². The molecule has 2 atom stereocenters. The molecule has 2 aliphatic rings. The van der Waals surface area contributed by atoms with Gasteiger partial charge in [-0.25, -0.2) is 14.8 Å². The highest BCUT2D eigenvalue weighted by atomic mass is 16.2. The van der Waals surface area contributed by atoms with Gasteiger partial charge in [-0.05, 0) is 27.8 Å². The maximum atomic E-state index is 13.8. The minimum absolute atomic E-state index is 0.0368. The Labute approximate surface area is 217 Å². The number of fused-ring (bicyclic) bond motifs is 2. The number of nitrogens with one attached hydrogen (secondary N) is 1. The van der Waals surface area contributed by atoms with Crippen molar-refractivity contribution in [1.29, 1.82) is 0 Å². The highest BCUT2D eigenvalue weighted by Crippen LogP contribution is 2.31. The van der Waals surface area contributed by atoms with Gasteiger partial charge in [0.25, 0.3) is 0 Å². The summed E-state index contributed by atoms with van der Waals surface area (Å²) >= 11 is 0. The van der Waals surface area contributed by atoms with Gasteiger partial charge in [-0.2, -0.15) is 0 Å². The summed E-state index contributed by atoms with van der Waals surface area (Å²) in [6.07, 6.45) is -0.595. The largest absolute Gasteiger partial charge is 0.334 e. The molecule has 0 radical (unpaired) electrons. The predicted octanol–water partition coefficient (Wildman–Crippen LogP) is 3.43. The number of hydrogen-bond donors (Lipinski definition) is 1. The van der Waals surface area contributed by atoms with E-state index in [9.17, 15) is 14.4 Å². The van der Waals surface area contributed by atoms with Crippen LogP contribution in [0.25, 0.3) is 10.8 Å². The number of likely N-dealkylation sites (N-methyl/N-ethyl adjacent to an activating group) is 1. The molecule has 4 amide bonds. The molecule has 2 saturated heterocycles. The highest BCUT2D eigenvalue weighted by Gasteiger charge is 2.51. The second-order valence-corrected chi connectivity index (χ2v) is 10.1. The van der Waals surface area contributed by atoms with E-state index in [0.29, 0.717) is 13.1 Å². The molecule has 1 N–H and O–H groups in total. The highest BCUT2D eigenvalue weighted by molar-refractivity contribution is 5.92. The summed E-state index contributed by atoms with van der Waals surface area (Å²) < 4.78 is 0. The molecule has 8 heteroatoms. The Morgan fingerprint density at radius 2 is 1.68 bits per heavy atom. The lowest BCUT2D eigenvalue weighted by molar-refractivity contribution is -0.190. The second-order valence-electron chi connectivity index (χ2n) is 10.1. The van der Waals surface area contributed by atoms with E-state index in [1.165, 1.54) is 0 Å². The van der Waals surface area contributed by atoms with Gasteiger partial charge in [-0.3, -0.25) is 9.59 Å². The molecule has 2 fully saturated rings. The molecule has 0 aromatic heterocycles. The van der Waals surface area contributed by atoms with Crippen molar-refractivity contribution in [3.8, 4) is 0 Å². The van der Waals surface area contributed by atoms with E-state index in [1.54, 1.807) is 26.9 Å². The van der Waals surface area contributed by atoms with Crippen LogP contribution in [0.4, 0.5) is 4.79 Å². The molecule has 3 aromatic rings. The lowest BCUT2D eigenvalue weighted by Crippen LogP contribution is -2.76. The third kappa shape index (κ3) is 4.76. The van der Waals surface area contributed by atoms with E-state index in [-0.39, 0.29) is 36.9 Å². The fourth-order valence-electron chi connectivity index (χ4n) is 5.49. The topological polar surface area (TPSA) is 76.2 Å². The minimum Gasteiger partial charge on any atom is -0.333 e. The zero-order chi connectivity index (χ0) is 26.1. The Bertz CT molecular complexity index is 1310. The SMILES string of the molecule is CC(C)C1C(=O)N(Cc2cccc3ccccc23)CC2N1C(=O)CN(C)N2C(=O)NCc1ccccc1. The summed E-state index contributed by atoms with van der Waals surface area (Å²) in [5, 5.41) is 8.46. The number of carbonyl (C=O) groups excluding carboxylic acids is 3. The van der Waals surface area contributed by atoms with E-state index in [0.717, 1.165) is 21.9 Å². The third-order valence-corrected chi connectivity index (χ3v) is 7.24. The van der Waals surface area contributed by atoms with Crippen molar-refractivity contribution in [2.45, 2.75) is 39.1 Å². The fourth-order valence-corrected chi connectivity index (χ4v) is 5.49. The van der Waals surface area contributed by atoms with Crippen LogP contribution in [-0.4, -0.2) is 70.0 Å². The quantitative estimate of drug-likeness (QED) is 0.584. The first-order valence-electron chi connectivity index (χ1n) is 12.7. The summed E-state index contributed by atoms with van der Waals surface area (Å²) in [6.45, 7) is 4.95. The first-order valence-corrected chi connectivity index (χ1v) is 12.7. The van der Waals surface area contributed by atoms with Crippen molar-refractivity contribution in [2.24, 2.45) is 5.92 Å². The normalized spacial score (nSPS) is 20.5. The molecule has 37 heavy (non-hydrogen) atoms. The van der Waals surface area contributed by atoms with Crippen LogP contribution in [0.1, 0.15) is 25.0 Å². The molecule has 0 spiro atoms. The predicted molar refractivity (Wildman–Crippen MR) is 142 cm³/mol. The first-order chi connectivity index (χ1) is 17.8. The third-order valence-electron chi connectivity index (χ3n) is 7.24. The number of hydrazine groups is 1. The lowest BCUT2D eigenvalue weighted by atomic mass is 9.95. The average molecular weight is 500 g/mol. The van der Waals surface area contributed by atoms with Gasteiger partial charge in [-0.15, -0.1) is 0 Å². The van der Waals surface area contributed by atoms with Gasteiger partial charge in [0.05, 0.1) is 13.1 Å². The zero-order valence-corrected chi connectivity index (χ0v) is 21.5. The molecule has 2 heterocycles. The standard InChI is InChI=1S/C29H33N5O3/c1-20(2)27-28(36)32(17-23-14-9-13-22-12-7-8-15-24(22)23)18-25-33(27)26(35)19-31(3)34(25)29(37)30-16-21-10-5-4-6-11-21/h4-15,20,25,27H,16-19H2,1-3H3,(H,30,37). The van der Waals surface area contributed by atoms with Crippen molar-refractivity contribution < 1.29 is 14.4 Å². The van der Waals surface area contributed by atoms with Gasteiger partial charge in [-0.1, -0.05) is 86.6 Å². The smallest absolute Gasteiger partial charge is 0.333 e. The molecule has 3 aromatic carbocycles. The number of rotatable bonds is 5. The number of amides is 4. The fraction of sp³-hybridized carbons (Fsp3) is 0.345. The molecule has 0 saturated carbocycles. The summed E-state index contributed by atoms with van der Waals surface area (Å²) in [4.78, 5) is 43.9. The number of nitrogens with zero attached hydrogens (tertiary/aromatic N) is 4. The number of urea groups is 1. The monoisotopic (exact) mass is 499 g/mol. The second kappa shape index (κ2) is 10.2. The van der Waals surface area contributed by atoms with E-state index < -0.39 is 12.2 Å². The maximum absolute atomic E-state index is 13.8. The molecular weight excluding hydrogens is 466 g/mol.